The van der Waals surface area contributed by atoms with Gasteiger partial charge in [-0.1, -0.05) is 18.6 Å². The van der Waals surface area contributed by atoms with Gasteiger partial charge in [0.05, 0.1) is 11.6 Å². The normalized spacial score (nSPS) is 21.7. The average Bonchev–Trinajstić information content (AvgIpc) is 2.52. The highest BCUT2D eigenvalue weighted by atomic mass is 32.2. The third kappa shape index (κ3) is 5.93. The van der Waals surface area contributed by atoms with Gasteiger partial charge < -0.3 is 5.32 Å². The molecule has 1 aliphatic carbocycles. The smallest absolute Gasteiger partial charge is 0.325 e. The average molecular weight is 406 g/mol. The second kappa shape index (κ2) is 7.79. The van der Waals surface area contributed by atoms with E-state index in [0.717, 1.165) is 0 Å². The first-order chi connectivity index (χ1) is 12.3. The van der Waals surface area contributed by atoms with Gasteiger partial charge >= 0.3 is 6.18 Å². The van der Waals surface area contributed by atoms with Crippen molar-refractivity contribution < 1.29 is 26.4 Å². The van der Waals surface area contributed by atoms with E-state index in [2.05, 4.69) is 10.0 Å². The molecule has 0 spiro atoms. The van der Waals surface area contributed by atoms with Crippen LogP contribution in [0.25, 0.3) is 0 Å². The zero-order chi connectivity index (χ0) is 20.5. The van der Waals surface area contributed by atoms with Crippen molar-refractivity contribution >= 4 is 21.6 Å². The van der Waals surface area contributed by atoms with Crippen LogP contribution >= 0.6 is 0 Å². The van der Waals surface area contributed by atoms with Gasteiger partial charge in [-0.3, -0.25) is 4.79 Å². The van der Waals surface area contributed by atoms with Crippen LogP contribution in [0.2, 0.25) is 0 Å². The van der Waals surface area contributed by atoms with Gasteiger partial charge in [0.15, 0.2) is 0 Å². The SMILES string of the molecule is CC(C)(C)NS(=O)(=O)c1ccccc1NC(=O)C1CCCC(C(F)(F)F)C1. The molecular weight excluding hydrogens is 381 g/mol. The molecule has 0 bridgehead atoms. The van der Waals surface area contributed by atoms with Crippen LogP contribution in [0.1, 0.15) is 46.5 Å². The molecule has 9 heteroatoms. The lowest BCUT2D eigenvalue weighted by atomic mass is 9.80. The lowest BCUT2D eigenvalue weighted by molar-refractivity contribution is -0.185. The molecule has 1 aliphatic rings. The summed E-state index contributed by atoms with van der Waals surface area (Å²) in [4.78, 5) is 12.4. The number of carbonyl (C=O) groups excluding carboxylic acids is 1. The molecule has 0 heterocycles. The van der Waals surface area contributed by atoms with Crippen LogP contribution in [0.4, 0.5) is 18.9 Å². The van der Waals surface area contributed by atoms with E-state index in [1.54, 1.807) is 26.8 Å². The number of halogens is 3. The molecular formula is C18H25F3N2O3S. The van der Waals surface area contributed by atoms with Crippen LogP contribution in [0, 0.1) is 11.8 Å². The number of hydrogen-bond donors (Lipinski definition) is 2. The van der Waals surface area contributed by atoms with E-state index in [1.165, 1.54) is 18.2 Å². The van der Waals surface area contributed by atoms with Crippen molar-refractivity contribution in [1.29, 1.82) is 0 Å². The fourth-order valence-corrected chi connectivity index (χ4v) is 4.80. The van der Waals surface area contributed by atoms with Crippen LogP contribution in [0.5, 0.6) is 0 Å². The molecule has 0 aromatic heterocycles. The number of rotatable bonds is 4. The van der Waals surface area contributed by atoms with Crippen LogP contribution < -0.4 is 10.0 Å². The molecule has 2 atom stereocenters. The van der Waals surface area contributed by atoms with Crippen LogP contribution in [0.3, 0.4) is 0 Å². The molecule has 1 aromatic carbocycles. The largest absolute Gasteiger partial charge is 0.391 e. The molecule has 1 amide bonds. The molecule has 2 rings (SSSR count). The predicted octanol–water partition coefficient (Wildman–Crippen LogP) is 4.07. The Labute approximate surface area is 157 Å². The Bertz CT molecular complexity index is 786. The molecule has 1 aromatic rings. The summed E-state index contributed by atoms with van der Waals surface area (Å²) < 4.78 is 66.6. The van der Waals surface area contributed by atoms with Gasteiger partial charge in [0, 0.05) is 11.5 Å². The van der Waals surface area contributed by atoms with Gasteiger partial charge in [-0.2, -0.15) is 13.2 Å². The van der Waals surface area contributed by atoms with Crippen molar-refractivity contribution in [2.24, 2.45) is 11.8 Å². The third-order valence-corrected chi connectivity index (χ3v) is 6.20. The van der Waals surface area contributed by atoms with Crippen LogP contribution in [-0.4, -0.2) is 26.0 Å². The maximum absolute atomic E-state index is 13.0. The summed E-state index contributed by atoms with van der Waals surface area (Å²) in [7, 11) is -3.90. The van der Waals surface area contributed by atoms with Gasteiger partial charge in [-0.25, -0.2) is 13.1 Å². The first kappa shape index (κ1) is 21.7. The quantitative estimate of drug-likeness (QED) is 0.791. The maximum atomic E-state index is 13.0. The van der Waals surface area contributed by atoms with Crippen molar-refractivity contribution in [2.45, 2.75) is 63.1 Å². The second-order valence-corrected chi connectivity index (χ2v) is 9.59. The molecule has 152 valence electrons. The van der Waals surface area contributed by atoms with Crippen LogP contribution in [-0.2, 0) is 14.8 Å². The van der Waals surface area contributed by atoms with E-state index in [4.69, 9.17) is 0 Å². The lowest BCUT2D eigenvalue weighted by Gasteiger charge is -2.30. The van der Waals surface area contributed by atoms with Gasteiger partial charge in [-0.05, 0) is 52.2 Å². The maximum Gasteiger partial charge on any atom is 0.391 e. The monoisotopic (exact) mass is 406 g/mol. The zero-order valence-electron chi connectivity index (χ0n) is 15.6. The number of carbonyl (C=O) groups is 1. The standard InChI is InChI=1S/C18H25F3N2O3S/c1-17(2,3)23-27(25,26)15-10-5-4-9-14(15)22-16(24)12-7-6-8-13(11-12)18(19,20)21/h4-5,9-10,12-13,23H,6-8,11H2,1-3H3,(H,22,24). The van der Waals surface area contributed by atoms with Crippen molar-refractivity contribution in [3.05, 3.63) is 24.3 Å². The minimum absolute atomic E-state index is 0.0216. The van der Waals surface area contributed by atoms with Crippen LogP contribution in [0.15, 0.2) is 29.2 Å². The fourth-order valence-electron chi connectivity index (χ4n) is 3.22. The fraction of sp³-hybridized carbons (Fsp3) is 0.611. The number of sulfonamides is 1. The molecule has 5 nitrogen and oxygen atoms in total. The van der Waals surface area contributed by atoms with Crippen molar-refractivity contribution in [1.82, 2.24) is 4.72 Å². The minimum Gasteiger partial charge on any atom is -0.325 e. The number of nitrogens with one attached hydrogen (secondary N) is 2. The van der Waals surface area contributed by atoms with Gasteiger partial charge in [0.25, 0.3) is 0 Å². The summed E-state index contributed by atoms with van der Waals surface area (Å²) in [5.74, 6) is -2.87. The Morgan fingerprint density at radius 1 is 1.11 bits per heavy atom. The van der Waals surface area contributed by atoms with E-state index in [0.29, 0.717) is 12.8 Å². The summed E-state index contributed by atoms with van der Waals surface area (Å²) in [5.41, 5.74) is -0.660. The van der Waals surface area contributed by atoms with Crippen molar-refractivity contribution in [3.8, 4) is 0 Å². The Morgan fingerprint density at radius 2 is 1.74 bits per heavy atom. The first-order valence-electron chi connectivity index (χ1n) is 8.80. The summed E-state index contributed by atoms with van der Waals surface area (Å²) in [6.45, 7) is 5.06. The first-order valence-corrected chi connectivity index (χ1v) is 10.3. The number of alkyl halides is 3. The Hall–Kier alpha value is -1.61. The summed E-state index contributed by atoms with van der Waals surface area (Å²) >= 11 is 0. The molecule has 0 saturated heterocycles. The molecule has 0 radical (unpaired) electrons. The van der Waals surface area contributed by atoms with E-state index >= 15 is 0 Å². The van der Waals surface area contributed by atoms with Crippen molar-refractivity contribution in [3.63, 3.8) is 0 Å². The molecule has 1 saturated carbocycles. The molecule has 2 N–H and O–H groups in total. The minimum atomic E-state index is -4.32. The van der Waals surface area contributed by atoms with Gasteiger partial charge in [-0.15, -0.1) is 0 Å². The molecule has 27 heavy (non-hydrogen) atoms. The Morgan fingerprint density at radius 3 is 2.33 bits per heavy atom. The second-order valence-electron chi connectivity index (χ2n) is 7.94. The highest BCUT2D eigenvalue weighted by Gasteiger charge is 2.43. The summed E-state index contributed by atoms with van der Waals surface area (Å²) in [6, 6.07) is 5.86. The number of amides is 1. The number of hydrogen-bond acceptors (Lipinski definition) is 3. The third-order valence-electron chi connectivity index (χ3n) is 4.38. The predicted molar refractivity (Wildman–Crippen MR) is 96.6 cm³/mol. The molecule has 1 fully saturated rings. The van der Waals surface area contributed by atoms with Gasteiger partial charge in [0.2, 0.25) is 15.9 Å². The molecule has 0 aliphatic heterocycles. The number of anilines is 1. The highest BCUT2D eigenvalue weighted by molar-refractivity contribution is 7.89. The lowest BCUT2D eigenvalue weighted by Crippen LogP contribution is -2.41. The summed E-state index contributed by atoms with van der Waals surface area (Å²) in [5, 5.41) is 2.52. The van der Waals surface area contributed by atoms with E-state index in [1.807, 2.05) is 0 Å². The highest BCUT2D eigenvalue weighted by Crippen LogP contribution is 2.40. The summed E-state index contributed by atoms with van der Waals surface area (Å²) in [6.07, 6.45) is -3.91. The van der Waals surface area contributed by atoms with E-state index in [-0.39, 0.29) is 23.4 Å². The van der Waals surface area contributed by atoms with Crippen molar-refractivity contribution in [2.75, 3.05) is 5.32 Å². The van der Waals surface area contributed by atoms with E-state index < -0.39 is 39.5 Å². The number of para-hydroxylation sites is 1. The Balaban J connectivity index is 2.20. The number of benzene rings is 1. The molecule has 2 unspecified atom stereocenters. The van der Waals surface area contributed by atoms with E-state index in [9.17, 15) is 26.4 Å². The topological polar surface area (TPSA) is 75.3 Å². The zero-order valence-corrected chi connectivity index (χ0v) is 16.4. The Kier molecular flexibility index (Phi) is 6.26. The van der Waals surface area contributed by atoms with Gasteiger partial charge in [0.1, 0.15) is 4.90 Å².